The number of nitrogens with one attached hydrogen (secondary N) is 2. The molecule has 0 aliphatic carbocycles. The molecule has 2 aliphatic rings. The van der Waals surface area contributed by atoms with Crippen LogP contribution >= 0.6 is 31.9 Å². The van der Waals surface area contributed by atoms with Crippen LogP contribution in [0.2, 0.25) is 0 Å². The Hall–Kier alpha value is -3.22. The lowest BCUT2D eigenvalue weighted by Crippen LogP contribution is -2.04. The first-order chi connectivity index (χ1) is 18.6. The van der Waals surface area contributed by atoms with Crippen molar-refractivity contribution in [3.05, 3.63) is 94.6 Å². The molecular weight excluding hydrogens is 600 g/mol. The Morgan fingerprint density at radius 1 is 0.684 bits per heavy atom. The van der Waals surface area contributed by atoms with Gasteiger partial charge in [-0.3, -0.25) is 0 Å². The molecule has 38 heavy (non-hydrogen) atoms. The first kappa shape index (κ1) is 25.1. The molecule has 0 saturated heterocycles. The average molecular weight is 628 g/mol. The zero-order valence-electron chi connectivity index (χ0n) is 21.1. The number of hydrogen-bond donors (Lipinski definition) is 2. The Bertz CT molecular complexity index is 1700. The highest BCUT2D eigenvalue weighted by molar-refractivity contribution is 9.09. The van der Waals surface area contributed by atoms with E-state index in [9.17, 15) is 0 Å². The second kappa shape index (κ2) is 10.9. The summed E-state index contributed by atoms with van der Waals surface area (Å²) in [5.74, 6) is 0.370. The molecule has 0 saturated carbocycles. The third-order valence-corrected chi connectivity index (χ3v) is 8.02. The van der Waals surface area contributed by atoms with Crippen molar-refractivity contribution in [1.82, 2.24) is 19.9 Å². The van der Waals surface area contributed by atoms with E-state index in [0.717, 1.165) is 79.5 Å². The average Bonchev–Trinajstić information content (AvgIpc) is 3.72. The largest absolute Gasteiger partial charge is 0.355 e. The van der Waals surface area contributed by atoms with E-state index in [0.29, 0.717) is 5.92 Å². The van der Waals surface area contributed by atoms with Gasteiger partial charge in [0.25, 0.3) is 0 Å². The number of rotatable bonds is 6. The quantitative estimate of drug-likeness (QED) is 0.181. The minimum Gasteiger partial charge on any atom is -0.355 e. The van der Waals surface area contributed by atoms with Crippen molar-refractivity contribution in [3.63, 3.8) is 0 Å². The molecule has 6 rings (SSSR count). The van der Waals surface area contributed by atoms with Crippen molar-refractivity contribution in [1.29, 1.82) is 0 Å². The molecule has 0 unspecified atom stereocenters. The molecule has 3 aromatic heterocycles. The predicted molar refractivity (Wildman–Crippen MR) is 169 cm³/mol. The molecule has 2 aliphatic heterocycles. The molecule has 4 nitrogen and oxygen atoms in total. The summed E-state index contributed by atoms with van der Waals surface area (Å²) in [6, 6.07) is 21.4. The second-order valence-corrected chi connectivity index (χ2v) is 11.3. The topological polar surface area (TPSA) is 57.4 Å². The van der Waals surface area contributed by atoms with Gasteiger partial charge in [-0.2, -0.15) is 0 Å². The number of nitrogens with zero attached hydrogens (tertiary/aromatic N) is 2. The zero-order valence-corrected chi connectivity index (χ0v) is 24.3. The highest BCUT2D eigenvalue weighted by atomic mass is 79.9. The number of hydrogen-bond acceptors (Lipinski definition) is 2. The molecule has 6 heteroatoms. The SMILES string of the molecule is Cc1ccc(-c2c3nc(cc4ccc([nH]4)c(C(CCBr)CCBr)c4nc(cc5ccc2[nH]5)C=C4)C=C3)cc1. The van der Waals surface area contributed by atoms with Crippen LogP contribution in [0.15, 0.2) is 60.7 Å². The van der Waals surface area contributed by atoms with Crippen LogP contribution in [-0.2, 0) is 0 Å². The molecular formula is C32H28Br2N4. The standard InChI is InChI=1S/C32H28Br2N4/c1-20-2-4-21(5-3-20)31-27-10-6-23(35-27)18-25-8-12-29(37-25)32(22(14-16-33)15-17-34)30-13-9-26(38-30)19-24-7-11-28(31)36-24/h2-13,18-19,22,35,38H,14-17H2,1H3. The maximum absolute atomic E-state index is 5.08. The normalized spacial score (nSPS) is 12.5. The third kappa shape index (κ3) is 5.07. The Morgan fingerprint density at radius 2 is 1.26 bits per heavy atom. The zero-order chi connectivity index (χ0) is 26.1. The fourth-order valence-electron chi connectivity index (χ4n) is 5.24. The molecule has 0 fully saturated rings. The number of H-pyrrole nitrogens is 2. The number of aryl methyl sites for hydroxylation is 1. The van der Waals surface area contributed by atoms with Crippen LogP contribution in [0, 0.1) is 6.92 Å². The van der Waals surface area contributed by atoms with E-state index in [1.54, 1.807) is 0 Å². The van der Waals surface area contributed by atoms with Crippen LogP contribution < -0.4 is 0 Å². The minimum absolute atomic E-state index is 0.370. The lowest BCUT2D eigenvalue weighted by atomic mass is 9.92. The van der Waals surface area contributed by atoms with Crippen molar-refractivity contribution in [2.45, 2.75) is 25.7 Å². The van der Waals surface area contributed by atoms with Gasteiger partial charge in [-0.1, -0.05) is 61.7 Å². The molecule has 0 spiro atoms. The van der Waals surface area contributed by atoms with Crippen molar-refractivity contribution in [2.24, 2.45) is 0 Å². The first-order valence-electron chi connectivity index (χ1n) is 12.9. The van der Waals surface area contributed by atoms with Gasteiger partial charge in [-0.25, -0.2) is 9.97 Å². The van der Waals surface area contributed by atoms with Gasteiger partial charge in [0, 0.05) is 43.9 Å². The number of alkyl halides is 2. The van der Waals surface area contributed by atoms with Crippen LogP contribution in [0.4, 0.5) is 0 Å². The summed E-state index contributed by atoms with van der Waals surface area (Å²) in [4.78, 5) is 17.4. The summed E-state index contributed by atoms with van der Waals surface area (Å²) >= 11 is 7.35. The van der Waals surface area contributed by atoms with Gasteiger partial charge in [0.15, 0.2) is 0 Å². The smallest absolute Gasteiger partial charge is 0.0736 e. The van der Waals surface area contributed by atoms with Crippen LogP contribution in [0.5, 0.6) is 0 Å². The monoisotopic (exact) mass is 626 g/mol. The van der Waals surface area contributed by atoms with Crippen LogP contribution in [0.25, 0.3) is 57.5 Å². The van der Waals surface area contributed by atoms with Crippen LogP contribution in [0.1, 0.15) is 52.7 Å². The maximum Gasteiger partial charge on any atom is 0.0736 e. The molecule has 0 radical (unpaired) electrons. The van der Waals surface area contributed by atoms with Gasteiger partial charge < -0.3 is 9.97 Å². The molecule has 5 heterocycles. The molecule has 1 aromatic carbocycles. The highest BCUT2D eigenvalue weighted by Crippen LogP contribution is 2.33. The highest BCUT2D eigenvalue weighted by Gasteiger charge is 2.18. The molecule has 190 valence electrons. The first-order valence-corrected chi connectivity index (χ1v) is 15.1. The number of aromatic nitrogens is 4. The number of halogens is 2. The fraction of sp³-hybridized carbons (Fsp3) is 0.188. The third-order valence-electron chi connectivity index (χ3n) is 7.10. The van der Waals surface area contributed by atoms with E-state index in [1.807, 2.05) is 0 Å². The number of benzene rings is 1. The van der Waals surface area contributed by atoms with Gasteiger partial charge in [0.05, 0.1) is 22.8 Å². The second-order valence-electron chi connectivity index (χ2n) is 9.76. The van der Waals surface area contributed by atoms with Crippen LogP contribution in [0.3, 0.4) is 0 Å². The molecule has 8 bridgehead atoms. The molecule has 4 aromatic rings. The summed E-state index contributed by atoms with van der Waals surface area (Å²) in [6.45, 7) is 2.11. The van der Waals surface area contributed by atoms with Gasteiger partial charge in [0.2, 0.25) is 0 Å². The summed E-state index contributed by atoms with van der Waals surface area (Å²) in [7, 11) is 0. The Morgan fingerprint density at radius 3 is 1.92 bits per heavy atom. The van der Waals surface area contributed by atoms with E-state index in [2.05, 4.69) is 134 Å². The Labute approximate surface area is 239 Å². The maximum atomic E-state index is 5.08. The Balaban J connectivity index is 1.66. The van der Waals surface area contributed by atoms with Gasteiger partial charge in [0.1, 0.15) is 0 Å². The lowest BCUT2D eigenvalue weighted by Gasteiger charge is -2.16. The summed E-state index contributed by atoms with van der Waals surface area (Å²) in [5.41, 5.74) is 12.7. The lowest BCUT2D eigenvalue weighted by molar-refractivity contribution is 0.657. The van der Waals surface area contributed by atoms with E-state index >= 15 is 0 Å². The molecule has 0 atom stereocenters. The summed E-state index contributed by atoms with van der Waals surface area (Å²) < 4.78 is 0. The van der Waals surface area contributed by atoms with Crippen molar-refractivity contribution in [2.75, 3.05) is 10.7 Å². The van der Waals surface area contributed by atoms with Gasteiger partial charge in [-0.15, -0.1) is 0 Å². The van der Waals surface area contributed by atoms with E-state index < -0.39 is 0 Å². The number of fused-ring (bicyclic) bond motifs is 8. The molecule has 0 amide bonds. The van der Waals surface area contributed by atoms with Crippen LogP contribution in [-0.4, -0.2) is 30.6 Å². The number of aromatic amines is 2. The summed E-state index contributed by atoms with van der Waals surface area (Å²) in [5, 5.41) is 1.89. The fourth-order valence-corrected chi connectivity index (χ4v) is 6.35. The van der Waals surface area contributed by atoms with Crippen molar-refractivity contribution >= 4 is 78.2 Å². The van der Waals surface area contributed by atoms with Crippen molar-refractivity contribution < 1.29 is 0 Å². The van der Waals surface area contributed by atoms with Gasteiger partial charge >= 0.3 is 0 Å². The summed E-state index contributed by atoms with van der Waals surface area (Å²) in [6.07, 6.45) is 10.5. The van der Waals surface area contributed by atoms with Gasteiger partial charge in [-0.05, 0) is 91.9 Å². The predicted octanol–water partition coefficient (Wildman–Crippen LogP) is 9.28. The van der Waals surface area contributed by atoms with Crippen molar-refractivity contribution in [3.8, 4) is 11.1 Å². The van der Waals surface area contributed by atoms with E-state index in [1.165, 1.54) is 11.1 Å². The van der Waals surface area contributed by atoms with E-state index in [4.69, 9.17) is 9.97 Å². The molecule has 2 N–H and O–H groups in total. The minimum atomic E-state index is 0.370. The Kier molecular flexibility index (Phi) is 7.18. The van der Waals surface area contributed by atoms with E-state index in [-0.39, 0.29) is 0 Å².